The smallest absolute Gasteiger partial charge is 0.292 e. The summed E-state index contributed by atoms with van der Waals surface area (Å²) in [4.78, 5) is 17.6. The summed E-state index contributed by atoms with van der Waals surface area (Å²) in [5, 5.41) is 19.7. The van der Waals surface area contributed by atoms with Gasteiger partial charge in [-0.15, -0.1) is 0 Å². The van der Waals surface area contributed by atoms with Crippen LogP contribution >= 0.6 is 11.6 Å². The number of aromatic hydroxyl groups is 1. The number of carbonyl (C=O) groups is 1. The molecule has 2 aromatic heterocycles. The van der Waals surface area contributed by atoms with Crippen molar-refractivity contribution in [2.45, 2.75) is 6.92 Å². The average Bonchev–Trinajstić information content (AvgIpc) is 3.26. The Labute approximate surface area is 222 Å². The van der Waals surface area contributed by atoms with Crippen LogP contribution < -0.4 is 10.2 Å². The minimum atomic E-state index is -0.534. The van der Waals surface area contributed by atoms with E-state index in [1.54, 1.807) is 60.3 Å². The van der Waals surface area contributed by atoms with Gasteiger partial charge in [-0.05, 0) is 79.2 Å². The Balaban J connectivity index is 1.56. The third-order valence-corrected chi connectivity index (χ3v) is 6.18. The van der Waals surface area contributed by atoms with E-state index in [4.69, 9.17) is 16.3 Å². The van der Waals surface area contributed by atoms with Gasteiger partial charge in [-0.3, -0.25) is 9.78 Å². The van der Waals surface area contributed by atoms with Crippen LogP contribution in [0.2, 0.25) is 5.02 Å². The molecule has 10 heteroatoms. The van der Waals surface area contributed by atoms with Gasteiger partial charge < -0.3 is 9.84 Å². The lowest BCUT2D eigenvalue weighted by molar-refractivity contribution is 0.0949. The lowest BCUT2D eigenvalue weighted by atomic mass is 10.1. The van der Waals surface area contributed by atoms with Crippen molar-refractivity contribution in [2.24, 2.45) is 5.10 Å². The van der Waals surface area contributed by atoms with Crippen molar-refractivity contribution in [3.8, 4) is 28.4 Å². The Hall–Kier alpha value is -4.76. The molecule has 0 fully saturated rings. The quantitative estimate of drug-likeness (QED) is 0.218. The van der Waals surface area contributed by atoms with Gasteiger partial charge in [-0.1, -0.05) is 11.6 Å². The summed E-state index contributed by atoms with van der Waals surface area (Å²) in [6.45, 7) is 1.77. The number of phenols is 1. The Kier molecular flexibility index (Phi) is 6.76. The van der Waals surface area contributed by atoms with Gasteiger partial charge in [-0.25, -0.2) is 14.5 Å². The van der Waals surface area contributed by atoms with E-state index < -0.39 is 5.91 Å². The van der Waals surface area contributed by atoms with E-state index in [2.05, 4.69) is 20.6 Å². The number of nitrogens with one attached hydrogen (secondary N) is 1. The third kappa shape index (κ3) is 4.79. The number of hydrogen-bond acceptors (Lipinski definition) is 6. The summed E-state index contributed by atoms with van der Waals surface area (Å²) in [6.07, 6.45) is 3.06. The first-order valence-electron chi connectivity index (χ1n) is 11.5. The fourth-order valence-corrected chi connectivity index (χ4v) is 4.28. The van der Waals surface area contributed by atoms with E-state index in [9.17, 15) is 14.3 Å². The zero-order chi connectivity index (χ0) is 26.8. The first kappa shape index (κ1) is 24.9. The lowest BCUT2D eigenvalue weighted by Gasteiger charge is -2.11. The van der Waals surface area contributed by atoms with E-state index >= 15 is 0 Å². The molecule has 0 radical (unpaired) electrons. The number of carbonyl (C=O) groups excluding carboxylic acids is 1. The number of halogens is 2. The van der Waals surface area contributed by atoms with E-state index in [-0.39, 0.29) is 23.0 Å². The van der Waals surface area contributed by atoms with Crippen LogP contribution in [0.1, 0.15) is 21.6 Å². The Morgan fingerprint density at radius 1 is 1.13 bits per heavy atom. The maximum atomic E-state index is 13.7. The number of rotatable bonds is 6. The predicted molar refractivity (Wildman–Crippen MR) is 144 cm³/mol. The van der Waals surface area contributed by atoms with Gasteiger partial charge in [0, 0.05) is 27.7 Å². The van der Waals surface area contributed by atoms with Crippen molar-refractivity contribution in [2.75, 3.05) is 7.11 Å². The summed E-state index contributed by atoms with van der Waals surface area (Å²) in [6, 6.07) is 17.8. The van der Waals surface area contributed by atoms with Gasteiger partial charge in [0.05, 0.1) is 30.2 Å². The Morgan fingerprint density at radius 2 is 1.92 bits per heavy atom. The maximum absolute atomic E-state index is 13.7. The van der Waals surface area contributed by atoms with Crippen LogP contribution in [0, 0.1) is 12.7 Å². The zero-order valence-corrected chi connectivity index (χ0v) is 21.1. The molecule has 5 rings (SSSR count). The molecule has 1 amide bonds. The van der Waals surface area contributed by atoms with Crippen molar-refractivity contribution in [1.82, 2.24) is 20.2 Å². The van der Waals surface area contributed by atoms with Crippen LogP contribution in [0.5, 0.6) is 11.5 Å². The molecular weight excluding hydrogens is 509 g/mol. The summed E-state index contributed by atoms with van der Waals surface area (Å²) in [5.41, 5.74) is 6.45. The Bertz CT molecular complexity index is 1700. The van der Waals surface area contributed by atoms with Gasteiger partial charge in [0.2, 0.25) is 0 Å². The lowest BCUT2D eigenvalue weighted by Crippen LogP contribution is -2.19. The number of methoxy groups -OCH3 is 1. The molecule has 0 unspecified atom stereocenters. The van der Waals surface area contributed by atoms with E-state index in [1.165, 1.54) is 31.5 Å². The number of hydrogen-bond donors (Lipinski definition) is 2. The third-order valence-electron chi connectivity index (χ3n) is 5.95. The number of benzene rings is 3. The monoisotopic (exact) mass is 529 g/mol. The number of amides is 1. The van der Waals surface area contributed by atoms with Crippen LogP contribution in [0.15, 0.2) is 78.0 Å². The van der Waals surface area contributed by atoms with Crippen LogP contribution in [0.25, 0.3) is 27.8 Å². The van der Waals surface area contributed by atoms with Gasteiger partial charge in [0.1, 0.15) is 5.82 Å². The van der Waals surface area contributed by atoms with Gasteiger partial charge >= 0.3 is 0 Å². The second-order valence-corrected chi connectivity index (χ2v) is 8.80. The number of fused-ring (bicyclic) bond motifs is 1. The molecule has 0 aliphatic carbocycles. The second-order valence-electron chi connectivity index (χ2n) is 8.36. The van der Waals surface area contributed by atoms with Crippen molar-refractivity contribution >= 4 is 34.6 Å². The number of pyridine rings is 1. The highest BCUT2D eigenvalue weighted by molar-refractivity contribution is 6.31. The first-order chi connectivity index (χ1) is 18.4. The molecule has 5 aromatic rings. The summed E-state index contributed by atoms with van der Waals surface area (Å²) in [5.74, 6) is -0.633. The maximum Gasteiger partial charge on any atom is 0.292 e. The number of ether oxygens (including phenoxy) is 1. The van der Waals surface area contributed by atoms with E-state index in [1.807, 2.05) is 6.07 Å². The zero-order valence-electron chi connectivity index (χ0n) is 20.3. The van der Waals surface area contributed by atoms with Crippen LogP contribution in [0.3, 0.4) is 0 Å². The fourth-order valence-electron chi connectivity index (χ4n) is 4.12. The molecule has 0 bridgehead atoms. The largest absolute Gasteiger partial charge is 0.504 e. The van der Waals surface area contributed by atoms with Gasteiger partial charge in [0.15, 0.2) is 17.2 Å². The number of nitrogens with zero attached hydrogens (tertiary/aromatic N) is 4. The molecule has 0 spiro atoms. The topological polar surface area (TPSA) is 102 Å². The predicted octanol–water partition coefficient (Wildman–Crippen LogP) is 5.67. The summed E-state index contributed by atoms with van der Waals surface area (Å²) >= 11 is 6.16. The standard InChI is InChI=1S/C28H21ClFN5O3/c1-16-26(28(37)33-32-15-17-3-10-24(36)25(13-17)38-2)34-35(27(16)18-4-7-20(30)8-5-18)23-11-12-31-22-14-19(29)6-9-21(22)23/h3-15,36H,1-2H3,(H,33,37)/b32-15+. The Morgan fingerprint density at radius 3 is 2.68 bits per heavy atom. The van der Waals surface area contributed by atoms with Gasteiger partial charge in [0.25, 0.3) is 5.91 Å². The van der Waals surface area contributed by atoms with Crippen molar-refractivity contribution in [1.29, 1.82) is 0 Å². The highest BCUT2D eigenvalue weighted by Crippen LogP contribution is 2.32. The van der Waals surface area contributed by atoms with E-state index in [0.29, 0.717) is 38.6 Å². The minimum Gasteiger partial charge on any atom is -0.504 e. The van der Waals surface area contributed by atoms with Crippen molar-refractivity contribution < 1.29 is 19.0 Å². The average molecular weight is 530 g/mol. The molecule has 3 aromatic carbocycles. The van der Waals surface area contributed by atoms with Crippen LogP contribution in [0.4, 0.5) is 4.39 Å². The molecular formula is C28H21ClFN5O3. The minimum absolute atomic E-state index is 0.00548. The number of aromatic nitrogens is 3. The second kappa shape index (κ2) is 10.3. The highest BCUT2D eigenvalue weighted by Gasteiger charge is 2.23. The first-order valence-corrected chi connectivity index (χ1v) is 11.8. The van der Waals surface area contributed by atoms with Crippen molar-refractivity contribution in [3.63, 3.8) is 0 Å². The summed E-state index contributed by atoms with van der Waals surface area (Å²) < 4.78 is 20.4. The molecule has 0 saturated carbocycles. The molecule has 0 atom stereocenters. The molecule has 8 nitrogen and oxygen atoms in total. The van der Waals surface area contributed by atoms with Gasteiger partial charge in [-0.2, -0.15) is 10.2 Å². The fraction of sp³-hybridized carbons (Fsp3) is 0.0714. The highest BCUT2D eigenvalue weighted by atomic mass is 35.5. The molecule has 2 N–H and O–H groups in total. The van der Waals surface area contributed by atoms with E-state index in [0.717, 1.165) is 5.39 Å². The van der Waals surface area contributed by atoms with Crippen molar-refractivity contribution in [3.05, 3.63) is 101 Å². The number of phenolic OH excluding ortho intramolecular Hbond substituents is 1. The molecule has 190 valence electrons. The normalized spacial score (nSPS) is 11.3. The molecule has 0 aliphatic rings. The summed E-state index contributed by atoms with van der Waals surface area (Å²) in [7, 11) is 1.44. The van der Waals surface area contributed by atoms with Crippen LogP contribution in [-0.4, -0.2) is 39.1 Å². The molecule has 38 heavy (non-hydrogen) atoms. The number of hydrazone groups is 1. The molecule has 2 heterocycles. The molecule has 0 saturated heterocycles. The van der Waals surface area contributed by atoms with Crippen LogP contribution in [-0.2, 0) is 0 Å². The SMILES string of the molecule is COc1cc(/C=N/NC(=O)c2nn(-c3ccnc4cc(Cl)ccc34)c(-c3ccc(F)cc3)c2C)ccc1O. The molecule has 0 aliphatic heterocycles.